The molecule has 0 fully saturated rings. The quantitative estimate of drug-likeness (QED) is 0.525. The van der Waals surface area contributed by atoms with E-state index < -0.39 is 6.16 Å². The van der Waals surface area contributed by atoms with E-state index in [4.69, 9.17) is 0 Å². The van der Waals surface area contributed by atoms with E-state index in [1.165, 1.54) is 6.92 Å². The van der Waals surface area contributed by atoms with Crippen molar-refractivity contribution in [1.82, 2.24) is 0 Å². The third kappa shape index (κ3) is 6.94. The molecule has 0 aromatic carbocycles. The number of carbonyl (C=O) groups excluding carboxylic acids is 2. The van der Waals surface area contributed by atoms with E-state index in [-0.39, 0.29) is 18.8 Å². The van der Waals surface area contributed by atoms with Crippen LogP contribution in [0.4, 0.5) is 4.79 Å². The number of rotatable bonds is 3. The van der Waals surface area contributed by atoms with Crippen LogP contribution in [-0.4, -0.2) is 18.5 Å². The summed E-state index contributed by atoms with van der Waals surface area (Å²) in [5.41, 5.74) is 0. The predicted octanol–water partition coefficient (Wildman–Crippen LogP) is 0.533. The van der Waals surface area contributed by atoms with E-state index in [2.05, 4.69) is 4.74 Å². The predicted molar refractivity (Wildman–Crippen MR) is 27.3 cm³/mol. The Balaban J connectivity index is 3.10. The van der Waals surface area contributed by atoms with Gasteiger partial charge in [-0.3, -0.25) is 4.79 Å². The molecule has 0 heterocycles. The van der Waals surface area contributed by atoms with Gasteiger partial charge in [-0.15, -0.1) is 0 Å². The van der Waals surface area contributed by atoms with Gasteiger partial charge in [0.2, 0.25) is 0 Å². The SMILES string of the molecule is CC(=O)CCOC([O])=O. The highest BCUT2D eigenvalue weighted by molar-refractivity contribution is 5.75. The molecule has 0 aromatic rings. The molecule has 0 aromatic heterocycles. The second kappa shape index (κ2) is 3.88. The number of hydrogen-bond acceptors (Lipinski definition) is 3. The molecule has 0 aliphatic carbocycles. The Morgan fingerprint density at radius 1 is 1.44 bits per heavy atom. The van der Waals surface area contributed by atoms with Gasteiger partial charge in [0.05, 0.1) is 0 Å². The number of ether oxygens (including phenoxy) is 1. The van der Waals surface area contributed by atoms with Crippen LogP contribution in [0.1, 0.15) is 13.3 Å². The highest BCUT2D eigenvalue weighted by Crippen LogP contribution is 1.84. The van der Waals surface area contributed by atoms with Crippen molar-refractivity contribution in [3.05, 3.63) is 0 Å². The lowest BCUT2D eigenvalue weighted by atomic mass is 10.3. The molecule has 0 unspecified atom stereocenters. The first-order valence-electron chi connectivity index (χ1n) is 2.46. The minimum absolute atomic E-state index is 0.0995. The topological polar surface area (TPSA) is 63.3 Å². The van der Waals surface area contributed by atoms with Crippen molar-refractivity contribution in [1.29, 1.82) is 0 Å². The molecular formula is C5H7O4. The first kappa shape index (κ1) is 7.94. The van der Waals surface area contributed by atoms with Crippen molar-refractivity contribution in [3.8, 4) is 0 Å². The Morgan fingerprint density at radius 2 is 2.00 bits per heavy atom. The highest BCUT2D eigenvalue weighted by Gasteiger charge is 1.99. The summed E-state index contributed by atoms with van der Waals surface area (Å²) in [6, 6.07) is 0. The second-order valence-corrected chi connectivity index (χ2v) is 1.55. The summed E-state index contributed by atoms with van der Waals surface area (Å²) in [7, 11) is 0. The molecule has 4 heteroatoms. The number of hydrogen-bond donors (Lipinski definition) is 0. The van der Waals surface area contributed by atoms with Crippen LogP contribution in [0.15, 0.2) is 0 Å². The first-order chi connectivity index (χ1) is 4.13. The summed E-state index contributed by atoms with van der Waals surface area (Å²) in [5.74, 6) is -0.101. The summed E-state index contributed by atoms with van der Waals surface area (Å²) >= 11 is 0. The van der Waals surface area contributed by atoms with Crippen molar-refractivity contribution < 1.29 is 19.4 Å². The van der Waals surface area contributed by atoms with Crippen LogP contribution in [-0.2, 0) is 14.6 Å². The monoisotopic (exact) mass is 131 g/mol. The molecule has 0 rings (SSSR count). The van der Waals surface area contributed by atoms with Crippen LogP contribution >= 0.6 is 0 Å². The molecule has 0 N–H and O–H groups in total. The zero-order valence-electron chi connectivity index (χ0n) is 5.05. The van der Waals surface area contributed by atoms with Gasteiger partial charge in [-0.25, -0.2) is 0 Å². The van der Waals surface area contributed by atoms with Crippen LogP contribution < -0.4 is 0 Å². The maximum Gasteiger partial charge on any atom is 0.550 e. The van der Waals surface area contributed by atoms with E-state index in [0.29, 0.717) is 0 Å². The average Bonchev–Trinajstić information content (AvgIpc) is 1.63. The molecule has 0 atom stereocenters. The Labute approximate surface area is 52.4 Å². The standard InChI is InChI=1S/C5H7O4/c1-4(6)2-3-9-5(7)8/h2-3H2,1H3. The Morgan fingerprint density at radius 3 is 2.33 bits per heavy atom. The zero-order valence-corrected chi connectivity index (χ0v) is 5.05. The molecule has 1 radical (unpaired) electrons. The largest absolute Gasteiger partial charge is 0.550 e. The van der Waals surface area contributed by atoms with Crippen LogP contribution in [0.2, 0.25) is 0 Å². The molecule has 0 saturated heterocycles. The maximum absolute atomic E-state index is 10.1. The first-order valence-corrected chi connectivity index (χ1v) is 2.46. The summed E-state index contributed by atoms with van der Waals surface area (Å²) < 4.78 is 3.94. The van der Waals surface area contributed by atoms with Crippen molar-refractivity contribution in [2.75, 3.05) is 6.61 Å². The zero-order chi connectivity index (χ0) is 7.28. The van der Waals surface area contributed by atoms with Crippen molar-refractivity contribution in [2.45, 2.75) is 13.3 Å². The lowest BCUT2D eigenvalue weighted by molar-refractivity contribution is -0.117. The fraction of sp³-hybridized carbons (Fsp3) is 0.600. The summed E-state index contributed by atoms with van der Waals surface area (Å²) in [4.78, 5) is 19.7. The van der Waals surface area contributed by atoms with Crippen LogP contribution in [0.25, 0.3) is 0 Å². The van der Waals surface area contributed by atoms with E-state index in [0.717, 1.165) is 0 Å². The number of Topliss-reactive ketones (excluding diaryl/α,β-unsaturated/α-hetero) is 1. The molecule has 4 nitrogen and oxygen atoms in total. The molecule has 9 heavy (non-hydrogen) atoms. The minimum Gasteiger partial charge on any atom is -0.431 e. The summed E-state index contributed by atoms with van der Waals surface area (Å²) in [6.07, 6.45) is -1.47. The molecular weight excluding hydrogens is 124 g/mol. The summed E-state index contributed by atoms with van der Waals surface area (Å²) in [6.45, 7) is 1.26. The van der Waals surface area contributed by atoms with Crippen molar-refractivity contribution in [2.24, 2.45) is 0 Å². The van der Waals surface area contributed by atoms with Gasteiger partial charge in [0.25, 0.3) is 0 Å². The van der Waals surface area contributed by atoms with Crippen LogP contribution in [0.5, 0.6) is 0 Å². The third-order valence-electron chi connectivity index (χ3n) is 0.674. The smallest absolute Gasteiger partial charge is 0.431 e. The van der Waals surface area contributed by atoms with Gasteiger partial charge in [0, 0.05) is 6.42 Å². The average molecular weight is 131 g/mol. The Hall–Kier alpha value is -1.06. The fourth-order valence-corrected chi connectivity index (χ4v) is 0.278. The van der Waals surface area contributed by atoms with Gasteiger partial charge in [-0.05, 0) is 6.92 Å². The van der Waals surface area contributed by atoms with E-state index >= 15 is 0 Å². The number of ketones is 1. The fourth-order valence-electron chi connectivity index (χ4n) is 0.278. The molecule has 0 saturated carbocycles. The van der Waals surface area contributed by atoms with E-state index in [9.17, 15) is 14.7 Å². The summed E-state index contributed by atoms with van der Waals surface area (Å²) in [5, 5.41) is 9.54. The minimum atomic E-state index is -1.59. The maximum atomic E-state index is 10.1. The van der Waals surface area contributed by atoms with Crippen LogP contribution in [0, 0.1) is 0 Å². The van der Waals surface area contributed by atoms with Crippen molar-refractivity contribution in [3.63, 3.8) is 0 Å². The van der Waals surface area contributed by atoms with Gasteiger partial charge in [0.1, 0.15) is 12.4 Å². The van der Waals surface area contributed by atoms with Gasteiger partial charge in [0.15, 0.2) is 0 Å². The highest BCUT2D eigenvalue weighted by atomic mass is 16.7. The van der Waals surface area contributed by atoms with Crippen molar-refractivity contribution >= 4 is 11.9 Å². The van der Waals surface area contributed by atoms with Gasteiger partial charge >= 0.3 is 6.16 Å². The van der Waals surface area contributed by atoms with Crippen LogP contribution in [0.3, 0.4) is 0 Å². The second-order valence-electron chi connectivity index (χ2n) is 1.55. The third-order valence-corrected chi connectivity index (χ3v) is 0.674. The van der Waals surface area contributed by atoms with Gasteiger partial charge in [-0.1, -0.05) is 0 Å². The molecule has 0 bridgehead atoms. The molecule has 0 aliphatic heterocycles. The lowest BCUT2D eigenvalue weighted by Gasteiger charge is -1.92. The van der Waals surface area contributed by atoms with Gasteiger partial charge in [-0.2, -0.15) is 9.90 Å². The van der Waals surface area contributed by atoms with E-state index in [1.54, 1.807) is 0 Å². The molecule has 0 amide bonds. The molecule has 0 spiro atoms. The Kier molecular flexibility index (Phi) is 3.43. The molecule has 51 valence electrons. The normalized spacial score (nSPS) is 8.56. The number of carbonyl (C=O) groups is 2. The lowest BCUT2D eigenvalue weighted by Crippen LogP contribution is -2.03. The van der Waals surface area contributed by atoms with E-state index in [1.807, 2.05) is 0 Å². The van der Waals surface area contributed by atoms with Gasteiger partial charge < -0.3 is 4.74 Å². The Bertz CT molecular complexity index is 104. The molecule has 0 aliphatic rings.